The van der Waals surface area contributed by atoms with Crippen LogP contribution in [0.4, 0.5) is 0 Å². The number of piperidine rings is 1. The van der Waals surface area contributed by atoms with Gasteiger partial charge in [0, 0.05) is 11.6 Å². The van der Waals surface area contributed by atoms with Gasteiger partial charge >= 0.3 is 0 Å². The van der Waals surface area contributed by atoms with Gasteiger partial charge in [0.2, 0.25) is 0 Å². The molecule has 2 aromatic rings. The molecule has 0 spiro atoms. The molecule has 1 aliphatic heterocycles. The molecule has 156 valence electrons. The molecule has 1 heterocycles. The maximum Gasteiger partial charge on any atom is 0.161 e. The van der Waals surface area contributed by atoms with E-state index in [0.29, 0.717) is 6.61 Å². The summed E-state index contributed by atoms with van der Waals surface area (Å²) in [5.41, 5.74) is 2.28. The lowest BCUT2D eigenvalue weighted by Gasteiger charge is -2.23. The summed E-state index contributed by atoms with van der Waals surface area (Å²) in [5, 5.41) is 7.70. The van der Waals surface area contributed by atoms with Gasteiger partial charge in [-0.2, -0.15) is 0 Å². The molecule has 0 amide bonds. The molecule has 4 nitrogen and oxygen atoms in total. The van der Waals surface area contributed by atoms with Crippen molar-refractivity contribution in [1.29, 1.82) is 0 Å². The Labute approximate surface area is 185 Å². The molecule has 0 unspecified atom stereocenters. The normalized spacial score (nSPS) is 13.9. The maximum absolute atomic E-state index is 5.92. The summed E-state index contributed by atoms with van der Waals surface area (Å²) in [4.78, 5) is 0. The molecule has 2 aromatic carbocycles. The van der Waals surface area contributed by atoms with Gasteiger partial charge in [-0.05, 0) is 73.8 Å². The highest BCUT2D eigenvalue weighted by atomic mass is 35.5. The summed E-state index contributed by atoms with van der Waals surface area (Å²) in [6.07, 6.45) is 2.52. The van der Waals surface area contributed by atoms with E-state index in [0.717, 1.165) is 54.2 Å². The minimum absolute atomic E-state index is 0. The topological polar surface area (TPSA) is 42.5 Å². The van der Waals surface area contributed by atoms with Crippen molar-refractivity contribution < 1.29 is 9.47 Å². The quantitative estimate of drug-likeness (QED) is 0.606. The van der Waals surface area contributed by atoms with Gasteiger partial charge in [-0.15, -0.1) is 24.8 Å². The SMILES string of the molecule is COc1cc(CNCC2CCNCC2)ccc1OCc1ccc(Cl)cc1.Cl.Cl. The fourth-order valence-electron chi connectivity index (χ4n) is 3.19. The van der Waals surface area contributed by atoms with Gasteiger partial charge in [-0.3, -0.25) is 0 Å². The minimum Gasteiger partial charge on any atom is -0.493 e. The smallest absolute Gasteiger partial charge is 0.161 e. The number of hydrogen-bond donors (Lipinski definition) is 2. The molecule has 7 heteroatoms. The third-order valence-corrected chi connectivity index (χ3v) is 5.01. The largest absolute Gasteiger partial charge is 0.493 e. The van der Waals surface area contributed by atoms with Crippen LogP contribution in [0.15, 0.2) is 42.5 Å². The molecule has 2 N–H and O–H groups in total. The van der Waals surface area contributed by atoms with Crippen LogP contribution in [0.2, 0.25) is 5.02 Å². The van der Waals surface area contributed by atoms with Crippen LogP contribution in [0.25, 0.3) is 0 Å². The Morgan fingerprint density at radius 2 is 1.68 bits per heavy atom. The van der Waals surface area contributed by atoms with Crippen molar-refractivity contribution >= 4 is 36.4 Å². The molecule has 3 rings (SSSR count). The molecule has 0 atom stereocenters. The molecule has 1 fully saturated rings. The Bertz CT molecular complexity index is 693. The van der Waals surface area contributed by atoms with Crippen LogP contribution in [0.1, 0.15) is 24.0 Å². The van der Waals surface area contributed by atoms with Gasteiger partial charge in [0.15, 0.2) is 11.5 Å². The second kappa shape index (κ2) is 13.1. The van der Waals surface area contributed by atoms with E-state index < -0.39 is 0 Å². The van der Waals surface area contributed by atoms with E-state index in [-0.39, 0.29) is 24.8 Å². The highest BCUT2D eigenvalue weighted by Gasteiger charge is 2.12. The summed E-state index contributed by atoms with van der Waals surface area (Å²) in [6.45, 7) is 4.68. The molecule has 0 bridgehead atoms. The average Bonchev–Trinajstić information content (AvgIpc) is 2.69. The summed E-state index contributed by atoms with van der Waals surface area (Å²) < 4.78 is 11.4. The average molecular weight is 448 g/mol. The summed E-state index contributed by atoms with van der Waals surface area (Å²) in [5.74, 6) is 2.30. The van der Waals surface area contributed by atoms with Crippen molar-refractivity contribution in [3.8, 4) is 11.5 Å². The van der Waals surface area contributed by atoms with Gasteiger partial charge < -0.3 is 20.1 Å². The zero-order chi connectivity index (χ0) is 18.2. The molecule has 28 heavy (non-hydrogen) atoms. The van der Waals surface area contributed by atoms with Crippen LogP contribution in [0, 0.1) is 5.92 Å². The van der Waals surface area contributed by atoms with Gasteiger partial charge in [-0.25, -0.2) is 0 Å². The Morgan fingerprint density at radius 3 is 2.36 bits per heavy atom. The van der Waals surface area contributed by atoms with Crippen molar-refractivity contribution in [2.45, 2.75) is 26.0 Å². The molecule has 0 radical (unpaired) electrons. The van der Waals surface area contributed by atoms with Crippen molar-refractivity contribution in [3.05, 3.63) is 58.6 Å². The minimum atomic E-state index is 0. The first-order valence-electron chi connectivity index (χ1n) is 9.20. The highest BCUT2D eigenvalue weighted by Crippen LogP contribution is 2.29. The second-order valence-electron chi connectivity index (χ2n) is 6.72. The number of hydrogen-bond acceptors (Lipinski definition) is 4. The number of nitrogens with one attached hydrogen (secondary N) is 2. The third-order valence-electron chi connectivity index (χ3n) is 4.76. The lowest BCUT2D eigenvalue weighted by Crippen LogP contribution is -2.33. The lowest BCUT2D eigenvalue weighted by atomic mass is 9.98. The standard InChI is InChI=1S/C21H27ClN2O2.2ClH/c1-25-21-12-18(14-24-13-16-8-10-23-11-9-16)4-7-20(21)26-15-17-2-5-19(22)6-3-17;;/h2-7,12,16,23-24H,8-11,13-15H2,1H3;2*1H. The molecule has 1 aliphatic rings. The number of ether oxygens (including phenoxy) is 2. The fraction of sp³-hybridized carbons (Fsp3) is 0.429. The first-order chi connectivity index (χ1) is 12.7. The third kappa shape index (κ3) is 7.69. The fourth-order valence-corrected chi connectivity index (χ4v) is 3.32. The van der Waals surface area contributed by atoms with Gasteiger partial charge in [0.05, 0.1) is 7.11 Å². The van der Waals surface area contributed by atoms with E-state index in [1.807, 2.05) is 36.4 Å². The van der Waals surface area contributed by atoms with Crippen LogP contribution in [0.5, 0.6) is 11.5 Å². The van der Waals surface area contributed by atoms with E-state index in [2.05, 4.69) is 16.7 Å². The molecule has 0 aromatic heterocycles. The molecular weight excluding hydrogens is 419 g/mol. The van der Waals surface area contributed by atoms with Gasteiger partial charge in [0.25, 0.3) is 0 Å². The zero-order valence-corrected chi connectivity index (χ0v) is 18.5. The second-order valence-corrected chi connectivity index (χ2v) is 7.16. The Balaban J connectivity index is 0.00000196. The Hall–Kier alpha value is -1.17. The van der Waals surface area contributed by atoms with E-state index in [9.17, 15) is 0 Å². The van der Waals surface area contributed by atoms with Crippen LogP contribution in [-0.2, 0) is 13.2 Å². The Morgan fingerprint density at radius 1 is 1.00 bits per heavy atom. The van der Waals surface area contributed by atoms with Crippen LogP contribution in [-0.4, -0.2) is 26.7 Å². The first-order valence-corrected chi connectivity index (χ1v) is 9.58. The lowest BCUT2D eigenvalue weighted by molar-refractivity contribution is 0.284. The van der Waals surface area contributed by atoms with E-state index in [1.54, 1.807) is 7.11 Å². The summed E-state index contributed by atoms with van der Waals surface area (Å²) >= 11 is 5.92. The maximum atomic E-state index is 5.92. The Kier molecular flexibility index (Phi) is 11.7. The number of methoxy groups -OCH3 is 1. The highest BCUT2D eigenvalue weighted by molar-refractivity contribution is 6.30. The van der Waals surface area contributed by atoms with Crippen LogP contribution < -0.4 is 20.1 Å². The van der Waals surface area contributed by atoms with Crippen LogP contribution >= 0.6 is 36.4 Å². The van der Waals surface area contributed by atoms with Crippen LogP contribution in [0.3, 0.4) is 0 Å². The van der Waals surface area contributed by atoms with Crippen molar-refractivity contribution in [2.24, 2.45) is 5.92 Å². The summed E-state index contributed by atoms with van der Waals surface area (Å²) in [7, 11) is 1.68. The van der Waals surface area contributed by atoms with Gasteiger partial charge in [0.1, 0.15) is 6.61 Å². The summed E-state index contributed by atoms with van der Waals surface area (Å²) in [6, 6.07) is 13.8. The predicted octanol–water partition coefficient (Wildman–Crippen LogP) is 4.86. The molecule has 0 saturated carbocycles. The molecule has 1 saturated heterocycles. The number of halogens is 3. The van der Waals surface area contributed by atoms with Crippen molar-refractivity contribution in [3.63, 3.8) is 0 Å². The van der Waals surface area contributed by atoms with Crippen molar-refractivity contribution in [1.82, 2.24) is 10.6 Å². The van der Waals surface area contributed by atoms with E-state index in [4.69, 9.17) is 21.1 Å². The van der Waals surface area contributed by atoms with Gasteiger partial charge in [-0.1, -0.05) is 29.8 Å². The van der Waals surface area contributed by atoms with E-state index in [1.165, 1.54) is 18.4 Å². The molecule has 0 aliphatic carbocycles. The number of benzene rings is 2. The van der Waals surface area contributed by atoms with E-state index >= 15 is 0 Å². The number of rotatable bonds is 8. The van der Waals surface area contributed by atoms with Crippen molar-refractivity contribution in [2.75, 3.05) is 26.7 Å². The predicted molar refractivity (Wildman–Crippen MR) is 121 cm³/mol. The zero-order valence-electron chi connectivity index (χ0n) is 16.1. The molecular formula is C21H29Cl3N2O2. The first kappa shape index (κ1) is 24.9. The monoisotopic (exact) mass is 446 g/mol.